The summed E-state index contributed by atoms with van der Waals surface area (Å²) in [4.78, 5) is 35.5. The van der Waals surface area contributed by atoms with Gasteiger partial charge in [0.15, 0.2) is 0 Å². The van der Waals surface area contributed by atoms with Gasteiger partial charge in [0.2, 0.25) is 11.8 Å². The van der Waals surface area contributed by atoms with E-state index in [0.29, 0.717) is 11.0 Å². The summed E-state index contributed by atoms with van der Waals surface area (Å²) in [6.07, 6.45) is 0.421. The Balaban J connectivity index is 2.26. The summed E-state index contributed by atoms with van der Waals surface area (Å²) in [5.41, 5.74) is 0.463. The van der Waals surface area contributed by atoms with Crippen LogP contribution in [0, 0.1) is 0 Å². The van der Waals surface area contributed by atoms with Crippen molar-refractivity contribution >= 4 is 22.8 Å². The van der Waals surface area contributed by atoms with Crippen LogP contribution in [0.4, 0.5) is 0 Å². The first-order valence-corrected chi connectivity index (χ1v) is 6.23. The number of nitrogens with one attached hydrogen (secondary N) is 1. The summed E-state index contributed by atoms with van der Waals surface area (Å²) in [5.74, 6) is -0.923. The van der Waals surface area contributed by atoms with Crippen LogP contribution in [0.2, 0.25) is 0 Å². The van der Waals surface area contributed by atoms with Crippen molar-refractivity contribution in [2.24, 2.45) is 7.05 Å². The highest BCUT2D eigenvalue weighted by atomic mass is 16.3. The summed E-state index contributed by atoms with van der Waals surface area (Å²) < 4.78 is 2.63. The van der Waals surface area contributed by atoms with Crippen molar-refractivity contribution < 1.29 is 14.7 Å². The number of carbonyl (C=O) groups is 2. The first kappa shape index (κ1) is 12.5. The van der Waals surface area contributed by atoms with Gasteiger partial charge in [-0.1, -0.05) is 6.07 Å². The zero-order valence-electron chi connectivity index (χ0n) is 10.8. The number of fused-ring (bicyclic) bond motifs is 1. The monoisotopic (exact) mass is 275 g/mol. The number of benzene rings is 1. The highest BCUT2D eigenvalue weighted by molar-refractivity contribution is 6.00. The third kappa shape index (κ3) is 1.63. The number of phenols is 1. The second kappa shape index (κ2) is 4.22. The number of aryl methyl sites for hydroxylation is 1. The van der Waals surface area contributed by atoms with Gasteiger partial charge in [0.1, 0.15) is 17.3 Å². The van der Waals surface area contributed by atoms with Gasteiger partial charge in [-0.3, -0.25) is 24.0 Å². The summed E-state index contributed by atoms with van der Waals surface area (Å²) in [7, 11) is 1.58. The Bertz CT molecular complexity index is 787. The molecule has 0 aliphatic carbocycles. The van der Waals surface area contributed by atoms with Gasteiger partial charge in [-0.05, 0) is 18.6 Å². The standard InChI is InChI=1S/C13H13N3O4/c1-15-7-3-2-4-9(17)11(7)16(13(15)20)8-5-6-10(18)14-12(8)19/h2-4,8,17H,5-6H2,1H3,(H,14,18,19). The van der Waals surface area contributed by atoms with Crippen LogP contribution in [-0.4, -0.2) is 26.1 Å². The van der Waals surface area contributed by atoms with Crippen molar-refractivity contribution in [3.63, 3.8) is 0 Å². The number of aromatic nitrogens is 2. The minimum Gasteiger partial charge on any atom is -0.506 e. The van der Waals surface area contributed by atoms with E-state index >= 15 is 0 Å². The highest BCUT2D eigenvalue weighted by Crippen LogP contribution is 2.28. The molecule has 0 radical (unpaired) electrons. The molecule has 1 aromatic heterocycles. The number of rotatable bonds is 1. The average molecular weight is 275 g/mol. The van der Waals surface area contributed by atoms with Crippen LogP contribution in [0.1, 0.15) is 18.9 Å². The SMILES string of the molecule is Cn1c(=O)n(C2CCC(=O)NC2=O)c2c(O)cccc21. The van der Waals surface area contributed by atoms with Crippen LogP contribution >= 0.6 is 0 Å². The zero-order valence-corrected chi connectivity index (χ0v) is 10.8. The molecule has 2 N–H and O–H groups in total. The molecule has 104 valence electrons. The maximum Gasteiger partial charge on any atom is 0.329 e. The molecule has 1 aliphatic heterocycles. The summed E-state index contributed by atoms with van der Waals surface area (Å²) in [6, 6.07) is 4.01. The van der Waals surface area contributed by atoms with Crippen molar-refractivity contribution in [3.8, 4) is 5.75 Å². The van der Waals surface area contributed by atoms with Crippen molar-refractivity contribution in [2.75, 3.05) is 0 Å². The molecular weight excluding hydrogens is 262 g/mol. The van der Waals surface area contributed by atoms with Gasteiger partial charge in [-0.2, -0.15) is 0 Å². The molecule has 1 fully saturated rings. The topological polar surface area (TPSA) is 93.3 Å². The highest BCUT2D eigenvalue weighted by Gasteiger charge is 2.31. The third-order valence-corrected chi connectivity index (χ3v) is 3.61. The van der Waals surface area contributed by atoms with Gasteiger partial charge in [-0.15, -0.1) is 0 Å². The zero-order chi connectivity index (χ0) is 14.4. The molecule has 1 saturated heterocycles. The quantitative estimate of drug-likeness (QED) is 0.718. The lowest BCUT2D eigenvalue weighted by atomic mass is 10.1. The van der Waals surface area contributed by atoms with Gasteiger partial charge in [0.05, 0.1) is 5.52 Å². The number of imide groups is 1. The number of phenolic OH excluding ortho intramolecular Hbond substituents is 1. The van der Waals surface area contributed by atoms with Crippen LogP contribution in [-0.2, 0) is 16.6 Å². The molecule has 7 heteroatoms. The number of piperidine rings is 1. The predicted molar refractivity (Wildman–Crippen MR) is 70.3 cm³/mol. The molecule has 2 aromatic rings. The number of imidazole rings is 1. The normalized spacial score (nSPS) is 19.4. The summed E-state index contributed by atoms with van der Waals surface area (Å²) in [6.45, 7) is 0. The molecule has 20 heavy (non-hydrogen) atoms. The lowest BCUT2D eigenvalue weighted by Gasteiger charge is -2.22. The number of aromatic hydroxyl groups is 1. The molecule has 3 rings (SSSR count). The molecule has 1 aromatic carbocycles. The lowest BCUT2D eigenvalue weighted by molar-refractivity contribution is -0.135. The van der Waals surface area contributed by atoms with Crippen molar-refractivity contribution in [3.05, 3.63) is 28.7 Å². The summed E-state index contributed by atoms with van der Waals surface area (Å²) >= 11 is 0. The largest absolute Gasteiger partial charge is 0.506 e. The first-order chi connectivity index (χ1) is 9.50. The fraction of sp³-hybridized carbons (Fsp3) is 0.308. The lowest BCUT2D eigenvalue weighted by Crippen LogP contribution is -2.44. The van der Waals surface area contributed by atoms with E-state index < -0.39 is 17.6 Å². The molecule has 1 aliphatic rings. The van der Waals surface area contributed by atoms with E-state index in [1.807, 2.05) is 0 Å². The van der Waals surface area contributed by atoms with Crippen LogP contribution in [0.5, 0.6) is 5.75 Å². The fourth-order valence-electron chi connectivity index (χ4n) is 2.61. The molecule has 2 heterocycles. The number of hydrogen-bond acceptors (Lipinski definition) is 4. The minimum absolute atomic E-state index is 0.0649. The van der Waals surface area contributed by atoms with E-state index in [9.17, 15) is 19.5 Å². The Labute approximate surface area is 113 Å². The van der Waals surface area contributed by atoms with Crippen LogP contribution < -0.4 is 11.0 Å². The average Bonchev–Trinajstić information content (AvgIpc) is 2.65. The number of amides is 2. The molecule has 1 atom stereocenters. The predicted octanol–water partition coefficient (Wildman–Crippen LogP) is 0.0233. The molecule has 2 amide bonds. The Hall–Kier alpha value is -2.57. The van der Waals surface area contributed by atoms with Crippen molar-refractivity contribution in [1.82, 2.24) is 14.5 Å². The Morgan fingerprint density at radius 2 is 2.05 bits per heavy atom. The maximum absolute atomic E-state index is 12.3. The smallest absolute Gasteiger partial charge is 0.329 e. The molecular formula is C13H13N3O4. The van der Waals surface area contributed by atoms with Crippen LogP contribution in [0.15, 0.2) is 23.0 Å². The van der Waals surface area contributed by atoms with Gasteiger partial charge >= 0.3 is 5.69 Å². The Morgan fingerprint density at radius 1 is 1.30 bits per heavy atom. The van der Waals surface area contributed by atoms with Crippen molar-refractivity contribution in [1.29, 1.82) is 0 Å². The molecule has 1 unspecified atom stereocenters. The molecule has 0 saturated carbocycles. The fourth-order valence-corrected chi connectivity index (χ4v) is 2.61. The van der Waals surface area contributed by atoms with Crippen LogP contribution in [0.25, 0.3) is 11.0 Å². The maximum atomic E-state index is 12.3. The van der Waals surface area contributed by atoms with E-state index in [-0.39, 0.29) is 24.5 Å². The van der Waals surface area contributed by atoms with E-state index in [2.05, 4.69) is 5.32 Å². The summed E-state index contributed by atoms with van der Waals surface area (Å²) in [5, 5.41) is 12.2. The second-order valence-corrected chi connectivity index (χ2v) is 4.82. The van der Waals surface area contributed by atoms with Gasteiger partial charge in [0, 0.05) is 13.5 Å². The van der Waals surface area contributed by atoms with Crippen molar-refractivity contribution in [2.45, 2.75) is 18.9 Å². The number of hydrogen-bond donors (Lipinski definition) is 2. The van der Waals surface area contributed by atoms with Crippen LogP contribution in [0.3, 0.4) is 0 Å². The van der Waals surface area contributed by atoms with Gasteiger partial charge in [-0.25, -0.2) is 4.79 Å². The molecule has 0 spiro atoms. The Morgan fingerprint density at radius 3 is 2.75 bits per heavy atom. The first-order valence-electron chi connectivity index (χ1n) is 6.23. The van der Waals surface area contributed by atoms with E-state index in [1.165, 1.54) is 15.2 Å². The minimum atomic E-state index is -0.780. The second-order valence-electron chi connectivity index (χ2n) is 4.82. The van der Waals surface area contributed by atoms with E-state index in [0.717, 1.165) is 0 Å². The van der Waals surface area contributed by atoms with Gasteiger partial charge in [0.25, 0.3) is 0 Å². The van der Waals surface area contributed by atoms with E-state index in [4.69, 9.17) is 0 Å². The molecule has 7 nitrogen and oxygen atoms in total. The number of carbonyl (C=O) groups excluding carboxylic acids is 2. The van der Waals surface area contributed by atoms with E-state index in [1.54, 1.807) is 19.2 Å². The Kier molecular flexibility index (Phi) is 2.63. The van der Waals surface area contributed by atoms with Gasteiger partial charge < -0.3 is 5.11 Å². The molecule has 0 bridgehead atoms. The number of para-hydroxylation sites is 1. The number of nitrogens with zero attached hydrogens (tertiary/aromatic N) is 2. The third-order valence-electron chi connectivity index (χ3n) is 3.61.